The molecule has 1 heterocycles. The molecule has 0 bridgehead atoms. The van der Waals surface area contributed by atoms with Crippen molar-refractivity contribution in [2.45, 2.75) is 50.9 Å². The molecule has 1 N–H and O–H groups in total. The van der Waals surface area contributed by atoms with E-state index in [2.05, 4.69) is 10.1 Å². The summed E-state index contributed by atoms with van der Waals surface area (Å²) in [7, 11) is 1.29. The molecule has 7 heteroatoms. The lowest BCUT2D eigenvalue weighted by molar-refractivity contribution is -0.164. The van der Waals surface area contributed by atoms with E-state index in [-0.39, 0.29) is 0 Å². The SMILES string of the molecule is COC(=O)NC1C=CC(OC(C)=O)C2OC(C)(C)OC12. The summed E-state index contributed by atoms with van der Waals surface area (Å²) in [5.74, 6) is -1.21. The predicted molar refractivity (Wildman–Crippen MR) is 67.8 cm³/mol. The summed E-state index contributed by atoms with van der Waals surface area (Å²) in [4.78, 5) is 22.5. The van der Waals surface area contributed by atoms with Gasteiger partial charge in [0.05, 0.1) is 13.2 Å². The van der Waals surface area contributed by atoms with E-state index in [1.165, 1.54) is 14.0 Å². The van der Waals surface area contributed by atoms with E-state index in [0.717, 1.165) is 0 Å². The molecule has 4 unspecified atom stereocenters. The summed E-state index contributed by atoms with van der Waals surface area (Å²) in [6.45, 7) is 4.87. The van der Waals surface area contributed by atoms with Crippen molar-refractivity contribution in [2.75, 3.05) is 7.11 Å². The maximum Gasteiger partial charge on any atom is 0.407 e. The molecule has 1 aliphatic heterocycles. The molecule has 1 saturated heterocycles. The molecule has 0 saturated carbocycles. The van der Waals surface area contributed by atoms with Crippen LogP contribution in [-0.2, 0) is 23.7 Å². The zero-order valence-corrected chi connectivity index (χ0v) is 11.9. The van der Waals surface area contributed by atoms with Crippen molar-refractivity contribution >= 4 is 12.1 Å². The number of hydrogen-bond donors (Lipinski definition) is 1. The molecule has 0 aromatic heterocycles. The average Bonchev–Trinajstić information content (AvgIpc) is 2.67. The number of fused-ring (bicyclic) bond motifs is 1. The van der Waals surface area contributed by atoms with Crippen LogP contribution >= 0.6 is 0 Å². The maximum atomic E-state index is 11.3. The number of alkyl carbamates (subject to hydrolysis) is 1. The first kappa shape index (κ1) is 14.8. The van der Waals surface area contributed by atoms with E-state index in [1.54, 1.807) is 26.0 Å². The fourth-order valence-corrected chi connectivity index (χ4v) is 2.42. The lowest BCUT2D eigenvalue weighted by atomic mass is 9.94. The fourth-order valence-electron chi connectivity index (χ4n) is 2.42. The van der Waals surface area contributed by atoms with Gasteiger partial charge >= 0.3 is 12.1 Å². The quantitative estimate of drug-likeness (QED) is 0.595. The second-order valence-electron chi connectivity index (χ2n) is 5.19. The summed E-state index contributed by atoms with van der Waals surface area (Å²) in [5, 5.41) is 2.66. The molecule has 0 aromatic carbocycles. The van der Waals surface area contributed by atoms with Gasteiger partial charge in [0, 0.05) is 6.92 Å². The minimum absolute atomic E-state index is 0.397. The van der Waals surface area contributed by atoms with Crippen LogP contribution in [0.1, 0.15) is 20.8 Å². The number of methoxy groups -OCH3 is 1. The van der Waals surface area contributed by atoms with Crippen LogP contribution in [0.3, 0.4) is 0 Å². The van der Waals surface area contributed by atoms with Crippen LogP contribution in [0.25, 0.3) is 0 Å². The van der Waals surface area contributed by atoms with Gasteiger partial charge in [0.1, 0.15) is 18.3 Å². The molecule has 0 spiro atoms. The summed E-state index contributed by atoms with van der Waals surface area (Å²) in [5.41, 5.74) is 0. The second kappa shape index (κ2) is 5.41. The molecule has 0 aromatic rings. The molecule has 2 rings (SSSR count). The van der Waals surface area contributed by atoms with Crippen molar-refractivity contribution in [1.29, 1.82) is 0 Å². The Balaban J connectivity index is 2.17. The van der Waals surface area contributed by atoms with Crippen LogP contribution in [0.4, 0.5) is 4.79 Å². The number of hydrogen-bond acceptors (Lipinski definition) is 6. The molecule has 1 amide bonds. The minimum Gasteiger partial charge on any atom is -0.455 e. The van der Waals surface area contributed by atoms with Crippen LogP contribution in [-0.4, -0.2) is 49.3 Å². The fraction of sp³-hybridized carbons (Fsp3) is 0.692. The molecular weight excluding hydrogens is 266 g/mol. The number of carbonyl (C=O) groups is 2. The van der Waals surface area contributed by atoms with E-state index in [1.807, 2.05) is 0 Å². The molecule has 112 valence electrons. The first-order chi connectivity index (χ1) is 9.32. The molecule has 1 aliphatic carbocycles. The standard InChI is InChI=1S/C13H19NO6/c1-7(15)18-9-6-5-8(14-12(16)17-4)10-11(9)20-13(2,3)19-10/h5-6,8-11H,1-4H3,(H,14,16). The third-order valence-electron chi connectivity index (χ3n) is 3.12. The van der Waals surface area contributed by atoms with Gasteiger partial charge in [-0.05, 0) is 19.9 Å². The van der Waals surface area contributed by atoms with Crippen LogP contribution in [0.5, 0.6) is 0 Å². The molecule has 7 nitrogen and oxygen atoms in total. The normalized spacial score (nSPS) is 34.2. The van der Waals surface area contributed by atoms with Gasteiger partial charge < -0.3 is 24.3 Å². The largest absolute Gasteiger partial charge is 0.455 e. The Labute approximate surface area is 117 Å². The van der Waals surface area contributed by atoms with Gasteiger partial charge in [0.2, 0.25) is 0 Å². The molecule has 0 radical (unpaired) electrons. The third kappa shape index (κ3) is 3.10. The number of esters is 1. The first-order valence-corrected chi connectivity index (χ1v) is 6.38. The van der Waals surface area contributed by atoms with Crippen molar-refractivity contribution in [1.82, 2.24) is 5.32 Å². The Kier molecular flexibility index (Phi) is 4.01. The van der Waals surface area contributed by atoms with Gasteiger partial charge in [-0.25, -0.2) is 4.79 Å². The lowest BCUT2D eigenvalue weighted by Gasteiger charge is -2.32. The van der Waals surface area contributed by atoms with E-state index in [0.29, 0.717) is 0 Å². The Hall–Kier alpha value is -1.60. The monoisotopic (exact) mass is 285 g/mol. The maximum absolute atomic E-state index is 11.3. The molecule has 2 aliphatic rings. The van der Waals surface area contributed by atoms with Gasteiger partial charge in [-0.1, -0.05) is 6.08 Å². The predicted octanol–water partition coefficient (Wildman–Crippen LogP) is 0.733. The van der Waals surface area contributed by atoms with Crippen LogP contribution in [0.15, 0.2) is 12.2 Å². The smallest absolute Gasteiger partial charge is 0.407 e. The minimum atomic E-state index is -0.810. The topological polar surface area (TPSA) is 83.1 Å². The average molecular weight is 285 g/mol. The van der Waals surface area contributed by atoms with E-state index in [4.69, 9.17) is 14.2 Å². The van der Waals surface area contributed by atoms with Gasteiger partial charge in [-0.2, -0.15) is 0 Å². The Morgan fingerprint density at radius 1 is 1.20 bits per heavy atom. The Morgan fingerprint density at radius 3 is 2.45 bits per heavy atom. The highest BCUT2D eigenvalue weighted by Gasteiger charge is 2.50. The Morgan fingerprint density at radius 2 is 1.85 bits per heavy atom. The highest BCUT2D eigenvalue weighted by molar-refractivity contribution is 5.68. The van der Waals surface area contributed by atoms with Gasteiger partial charge in [0.15, 0.2) is 5.79 Å². The van der Waals surface area contributed by atoms with E-state index < -0.39 is 42.2 Å². The van der Waals surface area contributed by atoms with Crippen LogP contribution in [0.2, 0.25) is 0 Å². The summed E-state index contributed by atoms with van der Waals surface area (Å²) in [6.07, 6.45) is 1.40. The second-order valence-corrected chi connectivity index (χ2v) is 5.19. The number of nitrogens with one attached hydrogen (secondary N) is 1. The van der Waals surface area contributed by atoms with Crippen LogP contribution in [0, 0.1) is 0 Å². The summed E-state index contributed by atoms with van der Waals surface area (Å²) >= 11 is 0. The third-order valence-corrected chi connectivity index (χ3v) is 3.12. The van der Waals surface area contributed by atoms with Crippen molar-refractivity contribution < 1.29 is 28.5 Å². The van der Waals surface area contributed by atoms with Gasteiger partial charge in [-0.15, -0.1) is 0 Å². The first-order valence-electron chi connectivity index (χ1n) is 6.38. The van der Waals surface area contributed by atoms with Crippen LogP contribution < -0.4 is 5.32 Å². The molecule has 1 fully saturated rings. The molecule has 20 heavy (non-hydrogen) atoms. The zero-order chi connectivity index (χ0) is 14.9. The number of carbonyl (C=O) groups excluding carboxylic acids is 2. The Bertz CT molecular complexity index is 433. The molecular formula is C13H19NO6. The highest BCUT2D eigenvalue weighted by Crippen LogP contribution is 2.35. The van der Waals surface area contributed by atoms with E-state index in [9.17, 15) is 9.59 Å². The highest BCUT2D eigenvalue weighted by atomic mass is 16.8. The number of rotatable bonds is 2. The van der Waals surface area contributed by atoms with Crippen molar-refractivity contribution in [3.8, 4) is 0 Å². The van der Waals surface area contributed by atoms with Crippen molar-refractivity contribution in [3.05, 3.63) is 12.2 Å². The zero-order valence-electron chi connectivity index (χ0n) is 11.9. The number of amides is 1. The molecule has 4 atom stereocenters. The van der Waals surface area contributed by atoms with E-state index >= 15 is 0 Å². The van der Waals surface area contributed by atoms with Crippen molar-refractivity contribution in [2.24, 2.45) is 0 Å². The lowest BCUT2D eigenvalue weighted by Crippen LogP contribution is -2.52. The summed E-state index contributed by atoms with van der Waals surface area (Å²) in [6, 6.07) is -0.402. The van der Waals surface area contributed by atoms with Gasteiger partial charge in [-0.3, -0.25) is 4.79 Å². The van der Waals surface area contributed by atoms with Crippen molar-refractivity contribution in [3.63, 3.8) is 0 Å². The number of ether oxygens (including phenoxy) is 4. The van der Waals surface area contributed by atoms with Gasteiger partial charge in [0.25, 0.3) is 0 Å². The summed E-state index contributed by atoms with van der Waals surface area (Å²) < 4.78 is 21.3.